The van der Waals surface area contributed by atoms with Crippen LogP contribution in [0.1, 0.15) is 57.8 Å². The minimum atomic E-state index is 0.0266. The van der Waals surface area contributed by atoms with Gasteiger partial charge in [-0.25, -0.2) is 0 Å². The van der Waals surface area contributed by atoms with Crippen molar-refractivity contribution in [2.45, 2.75) is 82.1 Å². The van der Waals surface area contributed by atoms with E-state index < -0.39 is 0 Å². The minimum Gasteiger partial charge on any atom is -0.374 e. The fourth-order valence-corrected chi connectivity index (χ4v) is 6.30. The molecule has 0 N–H and O–H groups in total. The van der Waals surface area contributed by atoms with Gasteiger partial charge in [0.25, 0.3) is 0 Å². The number of amides is 2. The van der Waals surface area contributed by atoms with Gasteiger partial charge in [0.15, 0.2) is 0 Å². The maximum atomic E-state index is 13.2. The van der Waals surface area contributed by atoms with Crippen LogP contribution in [0, 0.1) is 11.8 Å². The Morgan fingerprint density at radius 3 is 1.63 bits per heavy atom. The van der Waals surface area contributed by atoms with Crippen molar-refractivity contribution in [2.24, 2.45) is 11.8 Å². The Balaban J connectivity index is 1.22. The van der Waals surface area contributed by atoms with E-state index in [0.29, 0.717) is 13.2 Å². The van der Waals surface area contributed by atoms with Crippen molar-refractivity contribution in [3.8, 4) is 0 Å². The fourth-order valence-electron chi connectivity index (χ4n) is 6.30. The van der Waals surface area contributed by atoms with Crippen LogP contribution in [0.4, 0.5) is 0 Å². The molecular formula is C21H32N2O4. The van der Waals surface area contributed by atoms with Crippen molar-refractivity contribution in [1.29, 1.82) is 0 Å². The van der Waals surface area contributed by atoms with E-state index in [1.807, 2.05) is 0 Å². The summed E-state index contributed by atoms with van der Waals surface area (Å²) in [6, 6.07) is 0.555. The molecule has 2 aliphatic heterocycles. The molecule has 0 spiro atoms. The maximum Gasteiger partial charge on any atom is 0.226 e. The van der Waals surface area contributed by atoms with Crippen molar-refractivity contribution in [2.75, 3.05) is 26.3 Å². The van der Waals surface area contributed by atoms with Crippen LogP contribution < -0.4 is 0 Å². The lowest BCUT2D eigenvalue weighted by Gasteiger charge is -2.39. The molecule has 0 aromatic rings. The highest BCUT2D eigenvalue weighted by atomic mass is 16.5. The van der Waals surface area contributed by atoms with E-state index in [1.54, 1.807) is 0 Å². The molecule has 3 saturated carbocycles. The van der Waals surface area contributed by atoms with Crippen molar-refractivity contribution in [3.05, 3.63) is 0 Å². The number of fused-ring (bicyclic) bond motifs is 2. The molecule has 2 heterocycles. The smallest absolute Gasteiger partial charge is 0.226 e. The van der Waals surface area contributed by atoms with Gasteiger partial charge in [0.2, 0.25) is 11.8 Å². The molecular weight excluding hydrogens is 344 g/mol. The van der Waals surface area contributed by atoms with Gasteiger partial charge in [-0.3, -0.25) is 9.59 Å². The summed E-state index contributed by atoms with van der Waals surface area (Å²) in [5.74, 6) is 0.620. The third kappa shape index (κ3) is 3.19. The Bertz CT molecular complexity index is 547. The number of hydrogen-bond acceptors (Lipinski definition) is 4. The molecule has 5 fully saturated rings. The van der Waals surface area contributed by atoms with E-state index in [-0.39, 0.29) is 47.9 Å². The molecule has 0 radical (unpaired) electrons. The van der Waals surface area contributed by atoms with E-state index >= 15 is 0 Å². The number of nitrogens with zero attached hydrogens (tertiary/aromatic N) is 2. The molecule has 6 nitrogen and oxygen atoms in total. The number of carbonyl (C=O) groups excluding carboxylic acids is 2. The van der Waals surface area contributed by atoms with E-state index in [4.69, 9.17) is 9.47 Å². The lowest BCUT2D eigenvalue weighted by Crippen LogP contribution is -2.53. The van der Waals surface area contributed by atoms with Gasteiger partial charge in [-0.2, -0.15) is 0 Å². The topological polar surface area (TPSA) is 59.1 Å². The molecule has 6 heteroatoms. The molecule has 4 unspecified atom stereocenters. The molecule has 150 valence electrons. The highest BCUT2D eigenvalue weighted by molar-refractivity contribution is 5.84. The zero-order valence-electron chi connectivity index (χ0n) is 16.2. The Labute approximate surface area is 161 Å². The molecule has 27 heavy (non-hydrogen) atoms. The zero-order valence-corrected chi connectivity index (χ0v) is 16.2. The fraction of sp³-hybridized carbons (Fsp3) is 0.905. The van der Waals surface area contributed by atoms with Gasteiger partial charge in [0, 0.05) is 24.9 Å². The number of ether oxygens (including phenoxy) is 2. The van der Waals surface area contributed by atoms with E-state index in [2.05, 4.69) is 9.80 Å². The number of carbonyl (C=O) groups is 2. The van der Waals surface area contributed by atoms with Crippen LogP contribution in [0.25, 0.3) is 0 Å². The second-order valence-electron chi connectivity index (χ2n) is 9.09. The van der Waals surface area contributed by atoms with Crippen molar-refractivity contribution in [3.63, 3.8) is 0 Å². The first-order chi connectivity index (χ1) is 13.2. The van der Waals surface area contributed by atoms with Crippen molar-refractivity contribution >= 4 is 11.8 Å². The maximum absolute atomic E-state index is 13.2. The third-order valence-electron chi connectivity index (χ3n) is 7.66. The Kier molecular flexibility index (Phi) is 4.88. The Morgan fingerprint density at radius 2 is 1.15 bits per heavy atom. The van der Waals surface area contributed by atoms with Gasteiger partial charge >= 0.3 is 0 Å². The van der Waals surface area contributed by atoms with Gasteiger partial charge in [-0.15, -0.1) is 0 Å². The second-order valence-corrected chi connectivity index (χ2v) is 9.09. The van der Waals surface area contributed by atoms with Gasteiger partial charge in [0.1, 0.15) is 0 Å². The summed E-state index contributed by atoms with van der Waals surface area (Å²) in [5.41, 5.74) is 0. The lowest BCUT2D eigenvalue weighted by atomic mass is 9.99. The molecule has 5 aliphatic rings. The first-order valence-electron chi connectivity index (χ1n) is 11.1. The minimum absolute atomic E-state index is 0.0266. The van der Waals surface area contributed by atoms with Crippen LogP contribution in [0.2, 0.25) is 0 Å². The Morgan fingerprint density at radius 1 is 0.667 bits per heavy atom. The Hall–Kier alpha value is -1.14. The van der Waals surface area contributed by atoms with Gasteiger partial charge in [-0.1, -0.05) is 0 Å². The molecule has 0 aromatic carbocycles. The second kappa shape index (κ2) is 7.36. The zero-order chi connectivity index (χ0) is 18.4. The summed E-state index contributed by atoms with van der Waals surface area (Å²) in [5, 5.41) is 0. The van der Waals surface area contributed by atoms with Crippen LogP contribution in [0.3, 0.4) is 0 Å². The van der Waals surface area contributed by atoms with Gasteiger partial charge in [0.05, 0.1) is 37.5 Å². The summed E-state index contributed by atoms with van der Waals surface area (Å²) in [4.78, 5) is 30.6. The molecule has 0 bridgehead atoms. The van der Waals surface area contributed by atoms with Crippen LogP contribution >= 0.6 is 0 Å². The summed E-state index contributed by atoms with van der Waals surface area (Å²) in [7, 11) is 0. The summed E-state index contributed by atoms with van der Waals surface area (Å²) < 4.78 is 11.7. The molecule has 0 aromatic heterocycles. The third-order valence-corrected chi connectivity index (χ3v) is 7.66. The van der Waals surface area contributed by atoms with Crippen molar-refractivity contribution < 1.29 is 19.1 Å². The number of hydrogen-bond donors (Lipinski definition) is 0. The van der Waals surface area contributed by atoms with Crippen LogP contribution in [0.5, 0.6) is 0 Å². The SMILES string of the molecule is O=C([C@@H]1CC[C@H](C(=O)N2CCOC3CCCC32)C1)N1CCOC2CCCC21. The number of rotatable bonds is 2. The van der Waals surface area contributed by atoms with Crippen LogP contribution in [0.15, 0.2) is 0 Å². The monoisotopic (exact) mass is 376 g/mol. The summed E-state index contributed by atoms with van der Waals surface area (Å²) >= 11 is 0. The van der Waals surface area contributed by atoms with Gasteiger partial charge < -0.3 is 19.3 Å². The normalized spacial score (nSPS) is 41.5. The van der Waals surface area contributed by atoms with Crippen molar-refractivity contribution in [1.82, 2.24) is 9.80 Å². The van der Waals surface area contributed by atoms with E-state index in [9.17, 15) is 9.59 Å². The lowest BCUT2D eigenvalue weighted by molar-refractivity contribution is -0.150. The van der Waals surface area contributed by atoms with E-state index in [1.165, 1.54) is 0 Å². The number of morpholine rings is 2. The average molecular weight is 376 g/mol. The quantitative estimate of drug-likeness (QED) is 0.739. The van der Waals surface area contributed by atoms with Crippen LogP contribution in [-0.2, 0) is 19.1 Å². The predicted octanol–water partition coefficient (Wildman–Crippen LogP) is 1.96. The molecule has 2 saturated heterocycles. The van der Waals surface area contributed by atoms with E-state index in [0.717, 1.165) is 70.9 Å². The predicted molar refractivity (Wildman–Crippen MR) is 99.0 cm³/mol. The molecule has 5 rings (SSSR count). The average Bonchev–Trinajstić information content (AvgIpc) is 3.45. The van der Waals surface area contributed by atoms with Gasteiger partial charge in [-0.05, 0) is 57.8 Å². The summed E-state index contributed by atoms with van der Waals surface area (Å²) in [6.07, 6.45) is 9.58. The highest BCUT2D eigenvalue weighted by Crippen LogP contribution is 2.38. The summed E-state index contributed by atoms with van der Waals surface area (Å²) in [6.45, 7) is 2.78. The largest absolute Gasteiger partial charge is 0.374 e. The first kappa shape index (κ1) is 17.9. The molecule has 3 aliphatic carbocycles. The highest BCUT2D eigenvalue weighted by Gasteiger charge is 2.45. The molecule has 6 atom stereocenters. The standard InChI is InChI=1S/C21H32N2O4/c24-20(22-9-11-26-18-5-1-3-16(18)22)14-7-8-15(13-14)21(25)23-10-12-27-19-6-2-4-17(19)23/h14-19H,1-13H2/t14-,15+,16?,17?,18?,19?. The first-order valence-corrected chi connectivity index (χ1v) is 11.1. The van der Waals surface area contributed by atoms with Crippen LogP contribution in [-0.4, -0.2) is 72.2 Å². The molecule has 2 amide bonds.